The Bertz CT molecular complexity index is 1660. The number of ketones is 1. The van der Waals surface area contributed by atoms with Gasteiger partial charge in [-0.15, -0.1) is 0 Å². The predicted molar refractivity (Wildman–Crippen MR) is 168 cm³/mol. The third-order valence-corrected chi connectivity index (χ3v) is 6.62. The van der Waals surface area contributed by atoms with Crippen molar-refractivity contribution in [3.8, 4) is 17.2 Å². The van der Waals surface area contributed by atoms with Gasteiger partial charge in [0.1, 0.15) is 5.70 Å². The van der Waals surface area contributed by atoms with Crippen LogP contribution in [0.2, 0.25) is 5.02 Å². The first-order chi connectivity index (χ1) is 20.8. The summed E-state index contributed by atoms with van der Waals surface area (Å²) in [6.07, 6.45) is 4.58. The van der Waals surface area contributed by atoms with Crippen LogP contribution in [0.4, 0.5) is 5.69 Å². The molecule has 0 bridgehead atoms. The lowest BCUT2D eigenvalue weighted by atomic mass is 10.1. The number of hydrogen-bond acceptors (Lipinski definition) is 6. The van der Waals surface area contributed by atoms with Crippen LogP contribution in [0.1, 0.15) is 31.8 Å². The molecule has 218 valence electrons. The number of anilines is 1. The van der Waals surface area contributed by atoms with Crippen LogP contribution in [0, 0.1) is 0 Å². The van der Waals surface area contributed by atoms with E-state index in [9.17, 15) is 14.4 Å². The summed E-state index contributed by atoms with van der Waals surface area (Å²) in [5, 5.41) is 5.86. The fourth-order valence-corrected chi connectivity index (χ4v) is 4.26. The number of rotatable bonds is 11. The third kappa shape index (κ3) is 7.90. The summed E-state index contributed by atoms with van der Waals surface area (Å²) in [5.74, 6) is 0.130. The molecule has 0 aliphatic rings. The quantitative estimate of drug-likeness (QED) is 0.148. The van der Waals surface area contributed by atoms with Crippen LogP contribution in [0.3, 0.4) is 0 Å². The molecule has 0 aromatic heterocycles. The largest absolute Gasteiger partial charge is 0.493 e. The molecule has 8 nitrogen and oxygen atoms in total. The van der Waals surface area contributed by atoms with Crippen LogP contribution < -0.4 is 24.8 Å². The number of carbonyl (C=O) groups is 3. The average Bonchev–Trinajstić information content (AvgIpc) is 3.04. The summed E-state index contributed by atoms with van der Waals surface area (Å²) in [6.45, 7) is 0. The van der Waals surface area contributed by atoms with Gasteiger partial charge >= 0.3 is 0 Å². The Kier molecular flexibility index (Phi) is 10.3. The van der Waals surface area contributed by atoms with Crippen LogP contribution in [-0.4, -0.2) is 38.9 Å². The van der Waals surface area contributed by atoms with E-state index in [2.05, 4.69) is 10.6 Å². The Morgan fingerprint density at radius 2 is 1.37 bits per heavy atom. The maximum Gasteiger partial charge on any atom is 0.272 e. The van der Waals surface area contributed by atoms with Gasteiger partial charge in [0.15, 0.2) is 17.3 Å². The minimum absolute atomic E-state index is 0.00427. The molecule has 4 rings (SSSR count). The molecule has 0 heterocycles. The van der Waals surface area contributed by atoms with Crippen molar-refractivity contribution in [2.75, 3.05) is 26.6 Å². The number of benzene rings is 4. The van der Waals surface area contributed by atoms with E-state index in [4.69, 9.17) is 25.8 Å². The maximum absolute atomic E-state index is 13.3. The van der Waals surface area contributed by atoms with Gasteiger partial charge in [0.2, 0.25) is 5.75 Å². The van der Waals surface area contributed by atoms with Gasteiger partial charge in [-0.05, 0) is 77.9 Å². The molecule has 0 aliphatic carbocycles. The van der Waals surface area contributed by atoms with E-state index in [1.54, 1.807) is 97.1 Å². The molecule has 0 aliphatic heterocycles. The summed E-state index contributed by atoms with van der Waals surface area (Å²) in [6, 6.07) is 25.4. The molecule has 0 fully saturated rings. The van der Waals surface area contributed by atoms with Gasteiger partial charge < -0.3 is 24.8 Å². The van der Waals surface area contributed by atoms with Crippen molar-refractivity contribution in [3.63, 3.8) is 0 Å². The molecule has 0 unspecified atom stereocenters. The standard InChI is InChI=1S/C34H29ClN2O6/c1-41-30-19-22(20-31(42-2)32(30)43-3)13-18-29(38)23-14-16-26(17-15-23)36-34(40)28(21-25-11-7-8-12-27(25)35)37-33(39)24-9-5-4-6-10-24/h4-21H,1-3H3,(H,36,40)(H,37,39)/b18-13+,28-21-. The van der Waals surface area contributed by atoms with Gasteiger partial charge in [0.05, 0.1) is 21.3 Å². The van der Waals surface area contributed by atoms with Crippen LogP contribution in [0.25, 0.3) is 12.2 Å². The smallest absolute Gasteiger partial charge is 0.272 e. The second-order valence-corrected chi connectivity index (χ2v) is 9.49. The highest BCUT2D eigenvalue weighted by Gasteiger charge is 2.16. The predicted octanol–water partition coefficient (Wildman–Crippen LogP) is 6.67. The van der Waals surface area contributed by atoms with Crippen molar-refractivity contribution in [1.29, 1.82) is 0 Å². The van der Waals surface area contributed by atoms with E-state index in [0.717, 1.165) is 0 Å². The number of hydrogen-bond donors (Lipinski definition) is 2. The lowest BCUT2D eigenvalue weighted by Crippen LogP contribution is -2.30. The van der Waals surface area contributed by atoms with Gasteiger partial charge in [-0.25, -0.2) is 0 Å². The van der Waals surface area contributed by atoms with Crippen LogP contribution in [0.15, 0.2) is 103 Å². The van der Waals surface area contributed by atoms with Gasteiger partial charge in [0, 0.05) is 21.8 Å². The molecular formula is C34H29ClN2O6. The lowest BCUT2D eigenvalue weighted by molar-refractivity contribution is -0.113. The Labute approximate surface area is 254 Å². The van der Waals surface area contributed by atoms with E-state index >= 15 is 0 Å². The third-order valence-electron chi connectivity index (χ3n) is 6.28. The number of amides is 2. The summed E-state index contributed by atoms with van der Waals surface area (Å²) >= 11 is 6.30. The summed E-state index contributed by atoms with van der Waals surface area (Å²) in [7, 11) is 4.55. The topological polar surface area (TPSA) is 103 Å². The van der Waals surface area contributed by atoms with E-state index in [0.29, 0.717) is 50.2 Å². The van der Waals surface area contributed by atoms with Gasteiger partial charge in [-0.3, -0.25) is 14.4 Å². The fourth-order valence-electron chi connectivity index (χ4n) is 4.07. The summed E-state index contributed by atoms with van der Waals surface area (Å²) < 4.78 is 16.1. The molecule has 0 spiro atoms. The second kappa shape index (κ2) is 14.5. The van der Waals surface area contributed by atoms with E-state index in [1.807, 2.05) is 0 Å². The summed E-state index contributed by atoms with van der Waals surface area (Å²) in [4.78, 5) is 39.0. The number of halogens is 1. The van der Waals surface area contributed by atoms with Gasteiger partial charge in [0.25, 0.3) is 11.8 Å². The maximum atomic E-state index is 13.3. The molecule has 0 radical (unpaired) electrons. The van der Waals surface area contributed by atoms with Crippen molar-refractivity contribution in [2.45, 2.75) is 0 Å². The molecule has 0 saturated carbocycles. The van der Waals surface area contributed by atoms with Gasteiger partial charge in [-0.2, -0.15) is 0 Å². The van der Waals surface area contributed by atoms with Crippen LogP contribution >= 0.6 is 11.6 Å². The minimum atomic E-state index is -0.564. The highest BCUT2D eigenvalue weighted by atomic mass is 35.5. The zero-order valence-corrected chi connectivity index (χ0v) is 24.5. The van der Waals surface area contributed by atoms with Gasteiger partial charge in [-0.1, -0.05) is 54.1 Å². The molecular weight excluding hydrogens is 568 g/mol. The Balaban J connectivity index is 1.50. The number of carbonyl (C=O) groups excluding carboxylic acids is 3. The molecule has 2 N–H and O–H groups in total. The van der Waals surface area contributed by atoms with E-state index in [-0.39, 0.29) is 11.5 Å². The molecule has 43 heavy (non-hydrogen) atoms. The first kappa shape index (κ1) is 30.6. The van der Waals surface area contributed by atoms with E-state index in [1.165, 1.54) is 33.5 Å². The number of nitrogens with one attached hydrogen (secondary N) is 2. The van der Waals surface area contributed by atoms with Crippen molar-refractivity contribution in [3.05, 3.63) is 130 Å². The minimum Gasteiger partial charge on any atom is -0.493 e. The average molecular weight is 597 g/mol. The molecule has 4 aromatic rings. The fraction of sp³-hybridized carbons (Fsp3) is 0.0882. The van der Waals surface area contributed by atoms with Crippen molar-refractivity contribution < 1.29 is 28.6 Å². The molecule has 0 saturated heterocycles. The van der Waals surface area contributed by atoms with Crippen molar-refractivity contribution in [1.82, 2.24) is 5.32 Å². The van der Waals surface area contributed by atoms with Crippen molar-refractivity contribution in [2.24, 2.45) is 0 Å². The highest BCUT2D eigenvalue weighted by Crippen LogP contribution is 2.38. The zero-order chi connectivity index (χ0) is 30.8. The Hall–Kier alpha value is -5.34. The second-order valence-electron chi connectivity index (χ2n) is 9.09. The lowest BCUT2D eigenvalue weighted by Gasteiger charge is -2.12. The van der Waals surface area contributed by atoms with E-state index < -0.39 is 11.8 Å². The normalized spacial score (nSPS) is 11.1. The first-order valence-corrected chi connectivity index (χ1v) is 13.5. The first-order valence-electron chi connectivity index (χ1n) is 13.1. The number of methoxy groups -OCH3 is 3. The molecule has 9 heteroatoms. The Morgan fingerprint density at radius 3 is 1.98 bits per heavy atom. The summed E-state index contributed by atoms with van der Waals surface area (Å²) in [5.41, 5.74) is 2.46. The molecule has 4 aromatic carbocycles. The van der Waals surface area contributed by atoms with Crippen molar-refractivity contribution >= 4 is 47.0 Å². The van der Waals surface area contributed by atoms with Crippen LogP contribution in [-0.2, 0) is 4.79 Å². The number of ether oxygens (including phenoxy) is 3. The number of allylic oxidation sites excluding steroid dienone is 1. The SMILES string of the molecule is COc1cc(/C=C/C(=O)c2ccc(NC(=O)/C(=C/c3ccccc3Cl)NC(=O)c3ccccc3)cc2)cc(OC)c1OC. The monoisotopic (exact) mass is 596 g/mol. The highest BCUT2D eigenvalue weighted by molar-refractivity contribution is 6.32. The zero-order valence-electron chi connectivity index (χ0n) is 23.7. The molecule has 2 amide bonds. The Morgan fingerprint density at radius 1 is 0.744 bits per heavy atom. The molecule has 0 atom stereocenters. The van der Waals surface area contributed by atoms with Crippen LogP contribution in [0.5, 0.6) is 17.2 Å².